The van der Waals surface area contributed by atoms with Crippen molar-refractivity contribution in [2.75, 3.05) is 54.9 Å². The molecule has 1 aliphatic heterocycles. The number of hydrogen-bond donors (Lipinski definition) is 4. The molecule has 0 radical (unpaired) electrons. The van der Waals surface area contributed by atoms with Gasteiger partial charge in [-0.2, -0.15) is 9.97 Å². The van der Waals surface area contributed by atoms with E-state index >= 15 is 0 Å². The molecule has 0 amide bonds. The zero-order valence-corrected chi connectivity index (χ0v) is 16.8. The lowest BCUT2D eigenvalue weighted by atomic mass is 10.3. The molecule has 0 saturated carbocycles. The van der Waals surface area contributed by atoms with Gasteiger partial charge in [-0.3, -0.25) is 0 Å². The van der Waals surface area contributed by atoms with Crippen molar-refractivity contribution in [2.45, 2.75) is 19.9 Å². The third kappa shape index (κ3) is 4.22. The molecule has 1 fully saturated rings. The topological polar surface area (TPSA) is 116 Å². The largest absolute Gasteiger partial charge is 0.395 e. The fourth-order valence-electron chi connectivity index (χ4n) is 3.32. The molecule has 4 N–H and O–H groups in total. The molecule has 29 heavy (non-hydrogen) atoms. The lowest BCUT2D eigenvalue weighted by molar-refractivity contribution is 0.311. The molecule has 154 valence electrons. The zero-order chi connectivity index (χ0) is 20.2. The van der Waals surface area contributed by atoms with Crippen molar-refractivity contribution in [3.8, 4) is 0 Å². The van der Waals surface area contributed by atoms with Crippen LogP contribution >= 0.6 is 0 Å². The van der Waals surface area contributed by atoms with Crippen molar-refractivity contribution in [3.63, 3.8) is 0 Å². The van der Waals surface area contributed by atoms with Crippen LogP contribution in [0, 0.1) is 0 Å². The van der Waals surface area contributed by atoms with Gasteiger partial charge in [-0.25, -0.2) is 9.97 Å². The Morgan fingerprint density at radius 3 is 2.69 bits per heavy atom. The Kier molecular flexibility index (Phi) is 5.72. The molecule has 1 aliphatic rings. The van der Waals surface area contributed by atoms with E-state index in [2.05, 4.69) is 60.7 Å². The number of aliphatic hydroxyl groups is 1. The van der Waals surface area contributed by atoms with E-state index in [4.69, 9.17) is 5.11 Å². The zero-order valence-electron chi connectivity index (χ0n) is 16.8. The summed E-state index contributed by atoms with van der Waals surface area (Å²) in [5.74, 6) is 1.71. The van der Waals surface area contributed by atoms with Crippen molar-refractivity contribution >= 4 is 34.4 Å². The maximum atomic E-state index is 9.11. The van der Waals surface area contributed by atoms with Gasteiger partial charge in [0, 0.05) is 38.8 Å². The number of nitrogens with one attached hydrogen (secondary N) is 3. The molecule has 1 saturated heterocycles. The van der Waals surface area contributed by atoms with Gasteiger partial charge in [-0.15, -0.1) is 0 Å². The molecule has 0 aliphatic carbocycles. The van der Waals surface area contributed by atoms with Crippen LogP contribution in [0.4, 0.5) is 23.3 Å². The van der Waals surface area contributed by atoms with Crippen LogP contribution < -0.4 is 20.9 Å². The first-order valence-electron chi connectivity index (χ1n) is 9.94. The van der Waals surface area contributed by atoms with Gasteiger partial charge in [0.2, 0.25) is 5.95 Å². The summed E-state index contributed by atoms with van der Waals surface area (Å²) in [7, 11) is 0. The Morgan fingerprint density at radius 1 is 1.17 bits per heavy atom. The van der Waals surface area contributed by atoms with Crippen molar-refractivity contribution in [2.24, 2.45) is 0 Å². The van der Waals surface area contributed by atoms with E-state index in [1.54, 1.807) is 6.33 Å². The second-order valence-electron chi connectivity index (χ2n) is 7.23. The van der Waals surface area contributed by atoms with Gasteiger partial charge < -0.3 is 30.5 Å². The molecule has 4 rings (SSSR count). The number of hydrogen-bond acceptors (Lipinski definition) is 9. The van der Waals surface area contributed by atoms with Crippen LogP contribution in [0.3, 0.4) is 0 Å². The number of anilines is 4. The summed E-state index contributed by atoms with van der Waals surface area (Å²) in [5.41, 5.74) is 2.52. The molecule has 10 heteroatoms. The number of rotatable bonds is 7. The Morgan fingerprint density at radius 2 is 2.00 bits per heavy atom. The van der Waals surface area contributed by atoms with Gasteiger partial charge in [-0.05, 0) is 26.0 Å². The first kappa shape index (κ1) is 19.3. The first-order valence-corrected chi connectivity index (χ1v) is 9.94. The average Bonchev–Trinajstić information content (AvgIpc) is 3.18. The fraction of sp³-hybridized carbons (Fsp3) is 0.474. The van der Waals surface area contributed by atoms with E-state index in [0.717, 1.165) is 37.5 Å². The highest BCUT2D eigenvalue weighted by atomic mass is 16.3. The van der Waals surface area contributed by atoms with Crippen LogP contribution in [0.2, 0.25) is 0 Å². The smallest absolute Gasteiger partial charge is 0.226 e. The SMILES string of the molecule is CC(C)n1cnc2c(Nc3ccc(N4CCNCC4)cn3)nc(NCCO)nc21. The van der Waals surface area contributed by atoms with E-state index in [9.17, 15) is 0 Å². The minimum Gasteiger partial charge on any atom is -0.395 e. The quantitative estimate of drug-likeness (QED) is 0.469. The van der Waals surface area contributed by atoms with E-state index < -0.39 is 0 Å². The molecule has 0 atom stereocenters. The Bertz CT molecular complexity index is 948. The lowest BCUT2D eigenvalue weighted by Crippen LogP contribution is -2.43. The normalized spacial score (nSPS) is 14.6. The van der Waals surface area contributed by atoms with E-state index in [1.165, 1.54) is 0 Å². The molecule has 3 aromatic heterocycles. The molecule has 0 bridgehead atoms. The van der Waals surface area contributed by atoms with Crippen molar-refractivity contribution in [3.05, 3.63) is 24.7 Å². The van der Waals surface area contributed by atoms with Gasteiger partial charge in [0.05, 0.1) is 24.8 Å². The average molecular weight is 397 g/mol. The minimum atomic E-state index is 0.00262. The number of imidazole rings is 1. The summed E-state index contributed by atoms with van der Waals surface area (Å²) in [4.78, 5) is 20.5. The van der Waals surface area contributed by atoms with Gasteiger partial charge in [-0.1, -0.05) is 0 Å². The van der Waals surface area contributed by atoms with Crippen molar-refractivity contribution in [1.82, 2.24) is 29.8 Å². The number of piperazine rings is 1. The monoisotopic (exact) mass is 397 g/mol. The predicted octanol–water partition coefficient (Wildman–Crippen LogP) is 1.36. The van der Waals surface area contributed by atoms with Crippen LogP contribution in [-0.4, -0.2) is 68.9 Å². The summed E-state index contributed by atoms with van der Waals surface area (Å²) in [6.07, 6.45) is 3.65. The highest BCUT2D eigenvalue weighted by molar-refractivity contribution is 5.86. The second-order valence-corrected chi connectivity index (χ2v) is 7.23. The molecular weight excluding hydrogens is 370 g/mol. The molecular formula is C19H27N9O. The second kappa shape index (κ2) is 8.58. The predicted molar refractivity (Wildman–Crippen MR) is 114 cm³/mol. The maximum Gasteiger partial charge on any atom is 0.226 e. The summed E-state index contributed by atoms with van der Waals surface area (Å²) < 4.78 is 1.99. The number of fused-ring (bicyclic) bond motifs is 1. The standard InChI is InChI=1S/C19H27N9O/c1-13(2)28-12-23-16-17(25-19(21-7-10-29)26-18(16)28)24-15-4-3-14(11-22-15)27-8-5-20-6-9-27/h3-4,11-13,20,29H,5-10H2,1-2H3,(H2,21,22,24,25,26). The molecule has 3 aromatic rings. The van der Waals surface area contributed by atoms with Crippen molar-refractivity contribution in [1.29, 1.82) is 0 Å². The lowest BCUT2D eigenvalue weighted by Gasteiger charge is -2.29. The van der Waals surface area contributed by atoms with Gasteiger partial charge >= 0.3 is 0 Å². The number of aromatic nitrogens is 5. The summed E-state index contributed by atoms with van der Waals surface area (Å²) in [6.45, 7) is 8.46. The third-order valence-corrected chi connectivity index (χ3v) is 4.85. The van der Waals surface area contributed by atoms with E-state index in [0.29, 0.717) is 29.6 Å². The Labute approximate surface area is 169 Å². The molecule has 4 heterocycles. The van der Waals surface area contributed by atoms with E-state index in [-0.39, 0.29) is 12.6 Å². The third-order valence-electron chi connectivity index (χ3n) is 4.85. The number of aliphatic hydroxyl groups excluding tert-OH is 1. The van der Waals surface area contributed by atoms with Crippen LogP contribution in [0.5, 0.6) is 0 Å². The van der Waals surface area contributed by atoms with Crippen molar-refractivity contribution < 1.29 is 5.11 Å². The fourth-order valence-corrected chi connectivity index (χ4v) is 3.32. The molecule has 10 nitrogen and oxygen atoms in total. The summed E-state index contributed by atoms with van der Waals surface area (Å²) in [6, 6.07) is 4.23. The molecule has 0 aromatic carbocycles. The van der Waals surface area contributed by atoms with E-state index in [1.807, 2.05) is 16.8 Å². The first-order chi connectivity index (χ1) is 14.2. The molecule has 0 spiro atoms. The van der Waals surface area contributed by atoms with Gasteiger partial charge in [0.25, 0.3) is 0 Å². The Hall–Kier alpha value is -2.98. The highest BCUT2D eigenvalue weighted by Gasteiger charge is 2.16. The van der Waals surface area contributed by atoms with Gasteiger partial charge in [0.1, 0.15) is 5.82 Å². The Balaban J connectivity index is 1.62. The maximum absolute atomic E-state index is 9.11. The highest BCUT2D eigenvalue weighted by Crippen LogP contribution is 2.26. The van der Waals surface area contributed by atoms with Gasteiger partial charge in [0.15, 0.2) is 17.0 Å². The van der Waals surface area contributed by atoms with Crippen LogP contribution in [0.15, 0.2) is 24.7 Å². The number of nitrogens with zero attached hydrogens (tertiary/aromatic N) is 6. The summed E-state index contributed by atoms with van der Waals surface area (Å²) >= 11 is 0. The van der Waals surface area contributed by atoms with Crippen LogP contribution in [0.25, 0.3) is 11.2 Å². The van der Waals surface area contributed by atoms with Crippen LogP contribution in [0.1, 0.15) is 19.9 Å². The minimum absolute atomic E-state index is 0.00262. The summed E-state index contributed by atoms with van der Waals surface area (Å²) in [5, 5.41) is 18.8. The van der Waals surface area contributed by atoms with Crippen LogP contribution in [-0.2, 0) is 0 Å². The number of pyridine rings is 1. The molecule has 0 unspecified atom stereocenters.